The van der Waals surface area contributed by atoms with Gasteiger partial charge in [0.15, 0.2) is 0 Å². The van der Waals surface area contributed by atoms with Gasteiger partial charge < -0.3 is 9.47 Å². The number of piperidine rings is 1. The number of epoxide rings is 1. The molecule has 0 spiro atoms. The number of benzene rings is 1. The first-order valence-corrected chi connectivity index (χ1v) is 8.36. The summed E-state index contributed by atoms with van der Waals surface area (Å²) in [5, 5.41) is 0. The number of carbonyl (C=O) groups excluding carboxylic acids is 1. The average Bonchev–Trinajstić information content (AvgIpc) is 3.31. The summed E-state index contributed by atoms with van der Waals surface area (Å²) in [5.74, 6) is -0.753. The molecule has 3 aliphatic heterocycles. The normalized spacial score (nSPS) is 36.3. The highest BCUT2D eigenvalue weighted by atomic mass is 35.5. The van der Waals surface area contributed by atoms with E-state index < -0.39 is 5.92 Å². The van der Waals surface area contributed by atoms with E-state index in [4.69, 9.17) is 25.6 Å². The van der Waals surface area contributed by atoms with Crippen molar-refractivity contribution >= 4 is 17.8 Å². The Bertz CT molecular complexity index is 565. The molecule has 3 aliphatic rings. The number of esters is 1. The number of rotatable bonds is 5. The van der Waals surface area contributed by atoms with Gasteiger partial charge in [-0.1, -0.05) is 30.3 Å². The molecule has 0 amide bonds. The minimum Gasteiger partial charge on any atom is -0.462 e. The Hall–Kier alpha value is -1.14. The lowest BCUT2D eigenvalue weighted by Crippen LogP contribution is -2.48. The van der Waals surface area contributed by atoms with Crippen LogP contribution in [0.4, 0.5) is 0 Å². The lowest BCUT2D eigenvalue weighted by atomic mass is 9.97. The predicted molar refractivity (Wildman–Crippen MR) is 84.1 cm³/mol. The van der Waals surface area contributed by atoms with Crippen molar-refractivity contribution in [2.75, 3.05) is 13.7 Å². The molecule has 0 radical (unpaired) electrons. The minimum absolute atomic E-state index is 0.0494. The number of ether oxygens (including phenoxy) is 2. The SMILES string of the molecule is CN1[C@@H]2CC(OC(=O)[C@H](COCl)c3ccccc3)C[C@H]1[C@@H]1O[C@@H]12. The Morgan fingerprint density at radius 1 is 1.30 bits per heavy atom. The van der Waals surface area contributed by atoms with E-state index in [1.807, 2.05) is 30.3 Å². The van der Waals surface area contributed by atoms with E-state index >= 15 is 0 Å². The highest BCUT2D eigenvalue weighted by molar-refractivity contribution is 6.07. The van der Waals surface area contributed by atoms with Crippen molar-refractivity contribution in [1.29, 1.82) is 0 Å². The summed E-state index contributed by atoms with van der Waals surface area (Å²) in [5.41, 5.74) is 0.861. The lowest BCUT2D eigenvalue weighted by molar-refractivity contribution is -0.156. The molecule has 1 aromatic carbocycles. The van der Waals surface area contributed by atoms with Gasteiger partial charge >= 0.3 is 5.97 Å². The second kappa shape index (κ2) is 6.06. The van der Waals surface area contributed by atoms with Crippen LogP contribution in [0.1, 0.15) is 24.3 Å². The van der Waals surface area contributed by atoms with Crippen LogP contribution in [0.2, 0.25) is 0 Å². The summed E-state index contributed by atoms with van der Waals surface area (Å²) < 4.78 is 16.2. The smallest absolute Gasteiger partial charge is 0.316 e. The van der Waals surface area contributed by atoms with Gasteiger partial charge in [-0.25, -0.2) is 0 Å². The van der Waals surface area contributed by atoms with E-state index in [1.54, 1.807) is 0 Å². The van der Waals surface area contributed by atoms with Crippen molar-refractivity contribution in [1.82, 2.24) is 4.90 Å². The highest BCUT2D eigenvalue weighted by Gasteiger charge is 2.62. The third-order valence-electron chi connectivity index (χ3n) is 5.37. The van der Waals surface area contributed by atoms with Gasteiger partial charge in [-0.05, 0) is 12.6 Å². The molecule has 5 nitrogen and oxygen atoms in total. The number of halogens is 1. The molecular weight excluding hydrogens is 318 g/mol. The molecule has 6 heteroatoms. The Labute approximate surface area is 140 Å². The Kier molecular flexibility index (Phi) is 4.05. The second-order valence-electron chi connectivity index (χ2n) is 6.63. The van der Waals surface area contributed by atoms with Crippen molar-refractivity contribution in [3.05, 3.63) is 35.9 Å². The number of nitrogens with zero attached hydrogens (tertiary/aromatic N) is 1. The van der Waals surface area contributed by atoms with Gasteiger partial charge in [0.1, 0.15) is 24.2 Å². The van der Waals surface area contributed by atoms with E-state index in [0.29, 0.717) is 24.3 Å². The average molecular weight is 338 g/mol. The van der Waals surface area contributed by atoms with Crippen LogP contribution >= 0.6 is 11.9 Å². The molecule has 3 heterocycles. The number of hydrogen-bond donors (Lipinski definition) is 0. The number of likely N-dealkylation sites (N-methyl/N-ethyl adjacent to an activating group) is 1. The largest absolute Gasteiger partial charge is 0.462 e. The minimum atomic E-state index is -0.489. The van der Waals surface area contributed by atoms with Crippen molar-refractivity contribution < 1.29 is 18.6 Å². The van der Waals surface area contributed by atoms with Gasteiger partial charge in [0.2, 0.25) is 0 Å². The van der Waals surface area contributed by atoms with Gasteiger partial charge in [-0.3, -0.25) is 14.0 Å². The lowest BCUT2D eigenvalue weighted by Gasteiger charge is -2.38. The van der Waals surface area contributed by atoms with E-state index in [1.165, 1.54) is 0 Å². The molecule has 0 aliphatic carbocycles. The molecule has 3 saturated heterocycles. The van der Waals surface area contributed by atoms with Crippen LogP contribution in [0.15, 0.2) is 30.3 Å². The molecule has 0 saturated carbocycles. The predicted octanol–water partition coefficient (Wildman–Crippen LogP) is 2.10. The summed E-state index contributed by atoms with van der Waals surface area (Å²) >= 11 is 5.40. The first-order valence-electron chi connectivity index (χ1n) is 8.05. The summed E-state index contributed by atoms with van der Waals surface area (Å²) in [6.45, 7) is 0.109. The van der Waals surface area contributed by atoms with Crippen LogP contribution < -0.4 is 0 Å². The van der Waals surface area contributed by atoms with Crippen LogP contribution in [-0.4, -0.2) is 54.9 Å². The molecule has 23 heavy (non-hydrogen) atoms. The fraction of sp³-hybridized carbons (Fsp3) is 0.588. The third kappa shape index (κ3) is 2.76. The number of fused-ring (bicyclic) bond motifs is 5. The Balaban J connectivity index is 1.43. The molecule has 6 atom stereocenters. The third-order valence-corrected chi connectivity index (χ3v) is 5.50. The van der Waals surface area contributed by atoms with E-state index in [0.717, 1.165) is 18.4 Å². The Morgan fingerprint density at radius 2 is 1.96 bits per heavy atom. The van der Waals surface area contributed by atoms with E-state index in [-0.39, 0.29) is 18.7 Å². The molecule has 3 fully saturated rings. The first-order chi connectivity index (χ1) is 11.2. The standard InChI is InChI=1S/C17H20ClNO4/c1-19-13-7-11(8-14(19)16-15(13)23-16)22-17(20)12(9-21-18)10-5-3-2-4-6-10/h2-6,11-16H,7-9H2,1H3/t11?,12-,13-,14+,15-,16+/m1/s1. The fourth-order valence-electron chi connectivity index (χ4n) is 4.09. The zero-order valence-corrected chi connectivity index (χ0v) is 13.7. The number of hydrogen-bond acceptors (Lipinski definition) is 5. The maximum Gasteiger partial charge on any atom is 0.316 e. The fourth-order valence-corrected chi connectivity index (χ4v) is 4.22. The summed E-state index contributed by atoms with van der Waals surface area (Å²) in [6, 6.07) is 10.2. The van der Waals surface area contributed by atoms with Crippen LogP contribution in [0.3, 0.4) is 0 Å². The van der Waals surface area contributed by atoms with Crippen LogP contribution in [0.5, 0.6) is 0 Å². The zero-order chi connectivity index (χ0) is 16.0. The molecule has 1 unspecified atom stereocenters. The maximum atomic E-state index is 12.6. The highest BCUT2D eigenvalue weighted by Crippen LogP contribution is 2.48. The van der Waals surface area contributed by atoms with E-state index in [9.17, 15) is 4.79 Å². The van der Waals surface area contributed by atoms with Gasteiger partial charge in [-0.15, -0.1) is 0 Å². The van der Waals surface area contributed by atoms with E-state index in [2.05, 4.69) is 11.9 Å². The van der Waals surface area contributed by atoms with Gasteiger partial charge in [-0.2, -0.15) is 0 Å². The molecule has 2 bridgehead atoms. The maximum absolute atomic E-state index is 12.6. The number of carbonyl (C=O) groups is 1. The van der Waals surface area contributed by atoms with Gasteiger partial charge in [0.25, 0.3) is 0 Å². The topological polar surface area (TPSA) is 51.3 Å². The second-order valence-corrected chi connectivity index (χ2v) is 6.85. The molecule has 124 valence electrons. The molecule has 1 aromatic rings. The quantitative estimate of drug-likeness (QED) is 0.608. The van der Waals surface area contributed by atoms with Crippen LogP contribution in [-0.2, 0) is 18.6 Å². The van der Waals surface area contributed by atoms with Gasteiger partial charge in [0, 0.05) is 24.9 Å². The Morgan fingerprint density at radius 3 is 2.57 bits per heavy atom. The van der Waals surface area contributed by atoms with Crippen molar-refractivity contribution in [3.63, 3.8) is 0 Å². The number of morpholine rings is 1. The van der Waals surface area contributed by atoms with Crippen molar-refractivity contribution in [2.24, 2.45) is 0 Å². The van der Waals surface area contributed by atoms with Crippen molar-refractivity contribution in [2.45, 2.75) is 49.2 Å². The molecule has 0 aromatic heterocycles. The van der Waals surface area contributed by atoms with Crippen molar-refractivity contribution in [3.8, 4) is 0 Å². The van der Waals surface area contributed by atoms with Crippen LogP contribution in [0, 0.1) is 0 Å². The molecule has 4 rings (SSSR count). The molecule has 0 N–H and O–H groups in total. The zero-order valence-electron chi connectivity index (χ0n) is 12.9. The first kappa shape index (κ1) is 15.4. The van der Waals surface area contributed by atoms with Gasteiger partial charge in [0.05, 0.1) is 18.5 Å². The monoisotopic (exact) mass is 337 g/mol. The van der Waals surface area contributed by atoms with Crippen LogP contribution in [0.25, 0.3) is 0 Å². The summed E-state index contributed by atoms with van der Waals surface area (Å²) in [7, 11) is 2.14. The molecular formula is C17H20ClNO4. The summed E-state index contributed by atoms with van der Waals surface area (Å²) in [4.78, 5) is 15.0. The summed E-state index contributed by atoms with van der Waals surface area (Å²) in [6.07, 6.45) is 2.30.